The maximum Gasteiger partial charge on any atom is 0.257 e. The quantitative estimate of drug-likeness (QED) is 0.885. The summed E-state index contributed by atoms with van der Waals surface area (Å²) in [6, 6.07) is 3.30. The third-order valence-corrected chi connectivity index (χ3v) is 3.94. The molecule has 2 N–H and O–H groups in total. The topological polar surface area (TPSA) is 74.0 Å². The van der Waals surface area contributed by atoms with E-state index in [1.807, 2.05) is 6.92 Å². The van der Waals surface area contributed by atoms with Gasteiger partial charge in [0.25, 0.3) is 5.91 Å². The summed E-state index contributed by atoms with van der Waals surface area (Å²) in [6.07, 6.45) is 0.847. The van der Waals surface area contributed by atoms with Crippen LogP contribution >= 0.6 is 0 Å². The predicted octanol–water partition coefficient (Wildman–Crippen LogP) is 1.28. The molecular formula is C15H22N2O4. The molecule has 0 unspecified atom stereocenters. The monoisotopic (exact) mass is 294 g/mol. The maximum atomic E-state index is 12.6. The van der Waals surface area contributed by atoms with Gasteiger partial charge < -0.3 is 24.8 Å². The van der Waals surface area contributed by atoms with Gasteiger partial charge in [-0.2, -0.15) is 0 Å². The van der Waals surface area contributed by atoms with Crippen LogP contribution in [0.4, 0.5) is 0 Å². The zero-order chi connectivity index (χ0) is 15.6. The Labute approximate surface area is 124 Å². The standard InChI is InChI=1S/C15H22N2O4/c1-5-15(16)8-17(9-15)14(18)10-6-12(20-3)13(21-4)7-11(10)19-2/h6-7H,5,8-9,16H2,1-4H3. The molecule has 1 aliphatic heterocycles. The highest BCUT2D eigenvalue weighted by atomic mass is 16.5. The molecule has 0 aromatic heterocycles. The normalized spacial score (nSPS) is 16.1. The second-order valence-corrected chi connectivity index (χ2v) is 5.28. The first-order valence-corrected chi connectivity index (χ1v) is 6.86. The van der Waals surface area contributed by atoms with Crippen LogP contribution in [-0.4, -0.2) is 50.8 Å². The summed E-state index contributed by atoms with van der Waals surface area (Å²) in [7, 11) is 4.59. The number of nitrogens with two attached hydrogens (primary N) is 1. The fraction of sp³-hybridized carbons (Fsp3) is 0.533. The van der Waals surface area contributed by atoms with Crippen molar-refractivity contribution in [1.82, 2.24) is 4.90 Å². The first-order chi connectivity index (χ1) is 9.97. The van der Waals surface area contributed by atoms with Crippen LogP contribution < -0.4 is 19.9 Å². The summed E-state index contributed by atoms with van der Waals surface area (Å²) in [5.74, 6) is 1.37. The number of benzene rings is 1. The van der Waals surface area contributed by atoms with Gasteiger partial charge >= 0.3 is 0 Å². The number of rotatable bonds is 5. The lowest BCUT2D eigenvalue weighted by Crippen LogP contribution is -2.68. The molecule has 0 aliphatic carbocycles. The Hall–Kier alpha value is -1.95. The number of likely N-dealkylation sites (tertiary alicyclic amines) is 1. The van der Waals surface area contributed by atoms with E-state index in [2.05, 4.69) is 0 Å². The Balaban J connectivity index is 2.28. The summed E-state index contributed by atoms with van der Waals surface area (Å²) in [5.41, 5.74) is 6.30. The zero-order valence-corrected chi connectivity index (χ0v) is 12.9. The molecule has 1 heterocycles. The van der Waals surface area contributed by atoms with Crippen molar-refractivity contribution in [2.45, 2.75) is 18.9 Å². The molecule has 2 rings (SSSR count). The molecule has 116 valence electrons. The average molecular weight is 294 g/mol. The highest BCUT2D eigenvalue weighted by Gasteiger charge is 2.41. The third kappa shape index (κ3) is 2.76. The van der Waals surface area contributed by atoms with E-state index in [1.54, 1.807) is 17.0 Å². The highest BCUT2D eigenvalue weighted by molar-refractivity contribution is 5.98. The number of carbonyl (C=O) groups is 1. The Morgan fingerprint density at radius 2 is 1.67 bits per heavy atom. The molecule has 1 saturated heterocycles. The molecule has 6 heteroatoms. The molecule has 0 saturated carbocycles. The fourth-order valence-corrected chi connectivity index (χ4v) is 2.45. The van der Waals surface area contributed by atoms with Gasteiger partial charge in [0.15, 0.2) is 11.5 Å². The van der Waals surface area contributed by atoms with Gasteiger partial charge in [-0.25, -0.2) is 0 Å². The van der Waals surface area contributed by atoms with Crippen LogP contribution in [0, 0.1) is 0 Å². The van der Waals surface area contributed by atoms with E-state index in [0.29, 0.717) is 35.9 Å². The van der Waals surface area contributed by atoms with E-state index >= 15 is 0 Å². The van der Waals surface area contributed by atoms with Crippen LogP contribution in [0.2, 0.25) is 0 Å². The van der Waals surface area contributed by atoms with Gasteiger partial charge in [0, 0.05) is 25.2 Å². The molecule has 0 spiro atoms. The molecule has 1 aromatic carbocycles. The van der Waals surface area contributed by atoms with E-state index in [1.165, 1.54) is 21.3 Å². The van der Waals surface area contributed by atoms with Gasteiger partial charge in [-0.05, 0) is 6.42 Å². The third-order valence-electron chi connectivity index (χ3n) is 3.94. The summed E-state index contributed by atoms with van der Waals surface area (Å²) in [6.45, 7) is 3.14. The average Bonchev–Trinajstić information content (AvgIpc) is 2.49. The fourth-order valence-electron chi connectivity index (χ4n) is 2.45. The van der Waals surface area contributed by atoms with Crippen LogP contribution in [0.15, 0.2) is 12.1 Å². The summed E-state index contributed by atoms with van der Waals surface area (Å²) < 4.78 is 15.8. The first-order valence-electron chi connectivity index (χ1n) is 6.86. The molecule has 1 fully saturated rings. The highest BCUT2D eigenvalue weighted by Crippen LogP contribution is 2.36. The number of methoxy groups -OCH3 is 3. The first kappa shape index (κ1) is 15.4. The van der Waals surface area contributed by atoms with Crippen LogP contribution in [0.3, 0.4) is 0 Å². The summed E-state index contributed by atoms with van der Waals surface area (Å²) in [5, 5.41) is 0. The molecular weight excluding hydrogens is 272 g/mol. The van der Waals surface area contributed by atoms with E-state index in [0.717, 1.165) is 6.42 Å². The molecule has 21 heavy (non-hydrogen) atoms. The number of ether oxygens (including phenoxy) is 3. The Morgan fingerprint density at radius 1 is 1.14 bits per heavy atom. The number of carbonyl (C=O) groups excluding carboxylic acids is 1. The van der Waals surface area contributed by atoms with E-state index in [-0.39, 0.29) is 11.4 Å². The van der Waals surface area contributed by atoms with Crippen molar-refractivity contribution >= 4 is 5.91 Å². The van der Waals surface area contributed by atoms with Gasteiger partial charge in [-0.3, -0.25) is 4.79 Å². The zero-order valence-electron chi connectivity index (χ0n) is 12.9. The van der Waals surface area contributed by atoms with Crippen molar-refractivity contribution in [2.24, 2.45) is 5.73 Å². The minimum atomic E-state index is -0.264. The molecule has 1 aromatic rings. The number of amides is 1. The van der Waals surface area contributed by atoms with Crippen LogP contribution in [0.25, 0.3) is 0 Å². The van der Waals surface area contributed by atoms with Crippen LogP contribution in [-0.2, 0) is 0 Å². The SMILES string of the molecule is CCC1(N)CN(C(=O)c2cc(OC)c(OC)cc2OC)C1. The van der Waals surface area contributed by atoms with Crippen molar-refractivity contribution in [3.63, 3.8) is 0 Å². The van der Waals surface area contributed by atoms with Crippen molar-refractivity contribution in [2.75, 3.05) is 34.4 Å². The van der Waals surface area contributed by atoms with Crippen molar-refractivity contribution in [1.29, 1.82) is 0 Å². The van der Waals surface area contributed by atoms with Crippen molar-refractivity contribution in [3.8, 4) is 17.2 Å². The lowest BCUT2D eigenvalue weighted by molar-refractivity contribution is 0.0398. The Morgan fingerprint density at radius 3 is 2.14 bits per heavy atom. The van der Waals surface area contributed by atoms with E-state index in [4.69, 9.17) is 19.9 Å². The molecule has 1 aliphatic rings. The van der Waals surface area contributed by atoms with E-state index < -0.39 is 0 Å². The molecule has 1 amide bonds. The number of nitrogens with zero attached hydrogens (tertiary/aromatic N) is 1. The Kier molecular flexibility index (Phi) is 4.27. The van der Waals surface area contributed by atoms with Gasteiger partial charge in [0.1, 0.15) is 5.75 Å². The smallest absolute Gasteiger partial charge is 0.257 e. The second-order valence-electron chi connectivity index (χ2n) is 5.28. The summed E-state index contributed by atoms with van der Waals surface area (Å²) >= 11 is 0. The van der Waals surface area contributed by atoms with Gasteiger partial charge in [-0.15, -0.1) is 0 Å². The van der Waals surface area contributed by atoms with E-state index in [9.17, 15) is 4.79 Å². The summed E-state index contributed by atoms with van der Waals surface area (Å²) in [4.78, 5) is 14.3. The minimum absolute atomic E-state index is 0.109. The number of hydrogen-bond donors (Lipinski definition) is 1. The lowest BCUT2D eigenvalue weighted by atomic mass is 9.87. The van der Waals surface area contributed by atoms with Crippen molar-refractivity contribution < 1.29 is 19.0 Å². The van der Waals surface area contributed by atoms with Crippen molar-refractivity contribution in [3.05, 3.63) is 17.7 Å². The van der Waals surface area contributed by atoms with Crippen LogP contribution in [0.1, 0.15) is 23.7 Å². The second kappa shape index (κ2) is 5.81. The molecule has 0 radical (unpaired) electrons. The molecule has 0 atom stereocenters. The lowest BCUT2D eigenvalue weighted by Gasteiger charge is -2.47. The van der Waals surface area contributed by atoms with Gasteiger partial charge in [0.2, 0.25) is 0 Å². The molecule has 6 nitrogen and oxygen atoms in total. The minimum Gasteiger partial charge on any atom is -0.496 e. The maximum absolute atomic E-state index is 12.6. The van der Waals surface area contributed by atoms with Gasteiger partial charge in [0.05, 0.1) is 32.4 Å². The predicted molar refractivity (Wildman–Crippen MR) is 79.2 cm³/mol. The van der Waals surface area contributed by atoms with Crippen LogP contribution in [0.5, 0.6) is 17.2 Å². The molecule has 0 bridgehead atoms. The largest absolute Gasteiger partial charge is 0.496 e. The Bertz CT molecular complexity index is 539. The van der Waals surface area contributed by atoms with Gasteiger partial charge in [-0.1, -0.05) is 6.92 Å². The number of hydrogen-bond acceptors (Lipinski definition) is 5.